The topological polar surface area (TPSA) is 185 Å². The van der Waals surface area contributed by atoms with Crippen molar-refractivity contribution in [2.24, 2.45) is 5.92 Å². The predicted octanol–water partition coefficient (Wildman–Crippen LogP) is 1.43. The van der Waals surface area contributed by atoms with Gasteiger partial charge in [0, 0.05) is 0 Å². The Morgan fingerprint density at radius 3 is 2.24 bits per heavy atom. The van der Waals surface area contributed by atoms with Gasteiger partial charge in [-0.05, 0) is 29.3 Å². The van der Waals surface area contributed by atoms with Gasteiger partial charge >= 0.3 is 5.97 Å². The molecule has 1 fully saturated rings. The summed E-state index contributed by atoms with van der Waals surface area (Å²) in [4.78, 5) is 87.4. The molecule has 1 aromatic heterocycles. The minimum atomic E-state index is -1.52. The first kappa shape index (κ1) is 32.3. The highest BCUT2D eigenvalue weighted by Crippen LogP contribution is 2.27. The van der Waals surface area contributed by atoms with Crippen molar-refractivity contribution in [2.75, 3.05) is 13.2 Å². The number of rotatable bonds is 16. The average Bonchev–Trinajstić information content (AvgIpc) is 3.54. The number of hydrogen-bond donors (Lipinski definition) is 4. The maximum Gasteiger partial charge on any atom is 0.322 e. The third-order valence-electron chi connectivity index (χ3n) is 6.73. The minimum absolute atomic E-state index is 0.0419. The van der Waals surface area contributed by atoms with Crippen molar-refractivity contribution in [3.05, 3.63) is 58.3 Å². The Bertz CT molecular complexity index is 1270. The fourth-order valence-corrected chi connectivity index (χ4v) is 5.22. The Balaban J connectivity index is 1.75. The van der Waals surface area contributed by atoms with Crippen LogP contribution in [-0.4, -0.2) is 71.4 Å². The molecule has 1 aliphatic rings. The van der Waals surface area contributed by atoms with E-state index >= 15 is 0 Å². The molecule has 2 atom stereocenters. The lowest BCUT2D eigenvalue weighted by Gasteiger charge is -2.27. The third kappa shape index (κ3) is 10.00. The van der Waals surface area contributed by atoms with Crippen LogP contribution in [0.25, 0.3) is 0 Å². The van der Waals surface area contributed by atoms with Gasteiger partial charge in [0.05, 0.1) is 18.1 Å². The predicted molar refractivity (Wildman–Crippen MR) is 150 cm³/mol. The van der Waals surface area contributed by atoms with Crippen LogP contribution < -0.4 is 16.0 Å². The van der Waals surface area contributed by atoms with Crippen LogP contribution in [-0.2, 0) is 40.1 Å². The third-order valence-corrected chi connectivity index (χ3v) is 7.59. The molecule has 0 aliphatic heterocycles. The number of carboxylic acid groups (broad SMARTS) is 1. The number of Topliss-reactive ketones (excluding diaryl/α,β-unsaturated/α-hetero) is 3. The van der Waals surface area contributed by atoms with E-state index in [0.29, 0.717) is 0 Å². The second kappa shape index (κ2) is 16.3. The van der Waals surface area contributed by atoms with Crippen LogP contribution in [0.2, 0.25) is 0 Å². The van der Waals surface area contributed by atoms with Crippen LogP contribution in [0, 0.1) is 5.92 Å². The molecule has 3 rings (SSSR count). The molecule has 2 aromatic rings. The first-order chi connectivity index (χ1) is 20.2. The van der Waals surface area contributed by atoms with Crippen LogP contribution in [0.5, 0.6) is 0 Å². The second-order valence-corrected chi connectivity index (χ2v) is 10.9. The number of nitrogens with one attached hydrogen (secondary N) is 3. The summed E-state index contributed by atoms with van der Waals surface area (Å²) >= 11 is 1.00. The van der Waals surface area contributed by atoms with Crippen molar-refractivity contribution in [2.45, 2.75) is 57.2 Å². The van der Waals surface area contributed by atoms with Gasteiger partial charge in [-0.15, -0.1) is 11.3 Å². The number of hydrogen-bond acceptors (Lipinski definition) is 9. The molecule has 1 saturated carbocycles. The molecule has 0 radical (unpaired) electrons. The Kier molecular flexibility index (Phi) is 12.5. The molecular formula is C29H33N3O9S. The van der Waals surface area contributed by atoms with E-state index in [1.54, 1.807) is 35.7 Å². The normalized spacial score (nSPS) is 14.7. The summed E-state index contributed by atoms with van der Waals surface area (Å²) in [5.74, 6) is -8.15. The van der Waals surface area contributed by atoms with Gasteiger partial charge in [0.1, 0.15) is 18.6 Å². The van der Waals surface area contributed by atoms with Gasteiger partial charge in [0.2, 0.25) is 17.5 Å². The van der Waals surface area contributed by atoms with Crippen molar-refractivity contribution in [3.8, 4) is 0 Å². The van der Waals surface area contributed by atoms with Gasteiger partial charge in [-0.25, -0.2) is 0 Å². The molecular weight excluding hydrogens is 566 g/mol. The molecule has 1 heterocycles. The summed E-state index contributed by atoms with van der Waals surface area (Å²) in [7, 11) is 0. The highest BCUT2D eigenvalue weighted by molar-refractivity contribution is 7.13. The number of ketones is 3. The van der Waals surface area contributed by atoms with E-state index in [2.05, 4.69) is 10.6 Å². The van der Waals surface area contributed by atoms with Crippen molar-refractivity contribution >= 4 is 52.4 Å². The van der Waals surface area contributed by atoms with E-state index < -0.39 is 66.3 Å². The zero-order valence-corrected chi connectivity index (χ0v) is 23.7. The molecule has 13 heteroatoms. The molecule has 1 unspecified atom stereocenters. The summed E-state index contributed by atoms with van der Waals surface area (Å²) in [6.45, 7) is -1.19. The molecule has 1 aromatic carbocycles. The largest absolute Gasteiger partial charge is 0.480 e. The highest BCUT2D eigenvalue weighted by Gasteiger charge is 2.34. The van der Waals surface area contributed by atoms with Gasteiger partial charge in [-0.3, -0.25) is 33.6 Å². The van der Waals surface area contributed by atoms with Gasteiger partial charge in [0.15, 0.2) is 0 Å². The zero-order valence-electron chi connectivity index (χ0n) is 22.8. The number of amides is 3. The summed E-state index contributed by atoms with van der Waals surface area (Å²) in [6.07, 6.45) is 4.63. The number of benzene rings is 1. The Morgan fingerprint density at radius 2 is 1.60 bits per heavy atom. The quantitative estimate of drug-likeness (QED) is 0.126. The number of carboxylic acids is 1. The Hall–Kier alpha value is -4.23. The van der Waals surface area contributed by atoms with Crippen molar-refractivity contribution in [3.63, 3.8) is 0 Å². The van der Waals surface area contributed by atoms with Crippen molar-refractivity contribution in [1.82, 2.24) is 16.0 Å². The van der Waals surface area contributed by atoms with E-state index in [0.717, 1.165) is 49.0 Å². The van der Waals surface area contributed by atoms with E-state index in [4.69, 9.17) is 9.84 Å². The van der Waals surface area contributed by atoms with E-state index in [9.17, 15) is 33.6 Å². The number of aliphatic carboxylic acids is 1. The Morgan fingerprint density at radius 1 is 0.881 bits per heavy atom. The lowest BCUT2D eigenvalue weighted by atomic mass is 9.84. The number of carbonyl (C=O) groups excluding carboxylic acids is 6. The lowest BCUT2D eigenvalue weighted by Crippen LogP contribution is -2.56. The van der Waals surface area contributed by atoms with Crippen LogP contribution in [0.1, 0.15) is 53.8 Å². The van der Waals surface area contributed by atoms with E-state index in [1.165, 1.54) is 6.07 Å². The standard InChI is InChI=1S/C29H33N3O9S/c33-23(34)15-30-28(39)24(35)21(17-41-16-19-10-5-2-6-11-19)32-27(38)20(14-18-8-3-1-4-9-18)31-29(40)26(37)25(36)22-12-7-13-42-22/h2,5-7,10-13,18,20-21H,1,3-4,8-9,14-17H2,(H,30,39)(H,31,40)(H,32,38)(H,33,34)/t20-,21?/m1/s1. The summed E-state index contributed by atoms with van der Waals surface area (Å²) < 4.78 is 5.58. The summed E-state index contributed by atoms with van der Waals surface area (Å²) in [5, 5.41) is 17.2. The van der Waals surface area contributed by atoms with Crippen molar-refractivity contribution in [1.29, 1.82) is 0 Å². The zero-order chi connectivity index (χ0) is 30.5. The van der Waals surface area contributed by atoms with Crippen LogP contribution >= 0.6 is 11.3 Å². The second-order valence-electron chi connectivity index (χ2n) is 9.90. The molecule has 12 nitrogen and oxygen atoms in total. The molecule has 42 heavy (non-hydrogen) atoms. The minimum Gasteiger partial charge on any atom is -0.480 e. The first-order valence-corrected chi connectivity index (χ1v) is 14.4. The lowest BCUT2D eigenvalue weighted by molar-refractivity contribution is -0.143. The number of ether oxygens (including phenoxy) is 1. The summed E-state index contributed by atoms with van der Waals surface area (Å²) in [5.41, 5.74) is 0.765. The van der Waals surface area contributed by atoms with Crippen LogP contribution in [0.15, 0.2) is 47.8 Å². The first-order valence-electron chi connectivity index (χ1n) is 13.5. The highest BCUT2D eigenvalue weighted by atomic mass is 32.1. The Labute approximate surface area is 246 Å². The van der Waals surface area contributed by atoms with Crippen LogP contribution in [0.4, 0.5) is 0 Å². The van der Waals surface area contributed by atoms with E-state index in [-0.39, 0.29) is 23.8 Å². The van der Waals surface area contributed by atoms with Gasteiger partial charge < -0.3 is 25.8 Å². The molecule has 0 saturated heterocycles. The van der Waals surface area contributed by atoms with Crippen LogP contribution in [0.3, 0.4) is 0 Å². The number of thiophene rings is 1. The average molecular weight is 600 g/mol. The van der Waals surface area contributed by atoms with Gasteiger partial charge in [0.25, 0.3) is 17.6 Å². The van der Waals surface area contributed by atoms with Crippen molar-refractivity contribution < 1.29 is 43.4 Å². The molecule has 224 valence electrons. The molecule has 1 aliphatic carbocycles. The number of carbonyl (C=O) groups is 7. The molecule has 3 amide bonds. The SMILES string of the molecule is O=C(O)CNC(=O)C(=O)C(COCc1ccccc1)NC(=O)[C@@H](CC1CCCCC1)NC(=O)C(=O)C(=O)c1cccs1. The molecule has 0 bridgehead atoms. The van der Waals surface area contributed by atoms with Gasteiger partial charge in [-0.1, -0.05) is 68.5 Å². The van der Waals surface area contributed by atoms with Gasteiger partial charge in [-0.2, -0.15) is 0 Å². The fourth-order valence-electron chi connectivity index (χ4n) is 4.56. The maximum absolute atomic E-state index is 13.5. The monoisotopic (exact) mass is 599 g/mol. The smallest absolute Gasteiger partial charge is 0.322 e. The summed E-state index contributed by atoms with van der Waals surface area (Å²) in [6, 6.07) is 9.09. The molecule has 0 spiro atoms. The van der Waals surface area contributed by atoms with E-state index in [1.807, 2.05) is 11.4 Å². The maximum atomic E-state index is 13.5. The molecule has 4 N–H and O–H groups in total. The fraction of sp³-hybridized carbons (Fsp3) is 0.414.